The SMILES string of the molecule is C=C1C=CCC(C)(C)/C1=C\C=C\C. The van der Waals surface area contributed by atoms with Gasteiger partial charge in [0.15, 0.2) is 0 Å². The molecule has 0 radical (unpaired) electrons. The van der Waals surface area contributed by atoms with E-state index in [1.807, 2.05) is 6.92 Å². The highest BCUT2D eigenvalue weighted by Gasteiger charge is 2.25. The van der Waals surface area contributed by atoms with Gasteiger partial charge < -0.3 is 0 Å². The normalized spacial score (nSPS) is 24.5. The molecule has 0 N–H and O–H groups in total. The summed E-state index contributed by atoms with van der Waals surface area (Å²) >= 11 is 0. The van der Waals surface area contributed by atoms with Crippen LogP contribution in [-0.2, 0) is 0 Å². The van der Waals surface area contributed by atoms with E-state index in [-0.39, 0.29) is 5.41 Å². The molecule has 0 fully saturated rings. The molecule has 1 rings (SSSR count). The Morgan fingerprint density at radius 2 is 2.15 bits per heavy atom. The highest BCUT2D eigenvalue weighted by molar-refractivity contribution is 5.46. The van der Waals surface area contributed by atoms with Gasteiger partial charge in [-0.3, -0.25) is 0 Å². The van der Waals surface area contributed by atoms with Crippen molar-refractivity contribution in [2.45, 2.75) is 27.2 Å². The van der Waals surface area contributed by atoms with Crippen LogP contribution in [0.4, 0.5) is 0 Å². The summed E-state index contributed by atoms with van der Waals surface area (Å²) in [7, 11) is 0. The molecule has 13 heavy (non-hydrogen) atoms. The minimum atomic E-state index is 0.241. The quantitative estimate of drug-likeness (QED) is 0.563. The maximum atomic E-state index is 4.06. The third-order valence-electron chi connectivity index (χ3n) is 2.48. The molecule has 0 unspecified atom stereocenters. The first-order chi connectivity index (χ1) is 6.08. The zero-order chi connectivity index (χ0) is 9.90. The van der Waals surface area contributed by atoms with Gasteiger partial charge in [-0.25, -0.2) is 0 Å². The summed E-state index contributed by atoms with van der Waals surface area (Å²) in [5, 5.41) is 0. The van der Waals surface area contributed by atoms with Gasteiger partial charge in [-0.15, -0.1) is 0 Å². The third kappa shape index (κ3) is 2.21. The largest absolute Gasteiger partial charge is 0.0915 e. The molecule has 0 saturated carbocycles. The van der Waals surface area contributed by atoms with Gasteiger partial charge in [0.25, 0.3) is 0 Å². The van der Waals surface area contributed by atoms with Crippen LogP contribution in [0.3, 0.4) is 0 Å². The summed E-state index contributed by atoms with van der Waals surface area (Å²) in [6.07, 6.45) is 11.7. The number of allylic oxidation sites excluding steroid dienone is 7. The van der Waals surface area contributed by atoms with Crippen molar-refractivity contribution in [1.29, 1.82) is 0 Å². The molecule has 0 atom stereocenters. The van der Waals surface area contributed by atoms with E-state index in [9.17, 15) is 0 Å². The summed E-state index contributed by atoms with van der Waals surface area (Å²) in [5.41, 5.74) is 2.74. The average Bonchev–Trinajstić information content (AvgIpc) is 2.02. The van der Waals surface area contributed by atoms with Gasteiger partial charge in [0.05, 0.1) is 0 Å². The van der Waals surface area contributed by atoms with Crippen LogP contribution in [0.5, 0.6) is 0 Å². The smallest absolute Gasteiger partial charge is 0.00633 e. The second-order valence-electron chi connectivity index (χ2n) is 4.12. The van der Waals surface area contributed by atoms with Gasteiger partial charge in [0.1, 0.15) is 0 Å². The fourth-order valence-corrected chi connectivity index (χ4v) is 1.66. The van der Waals surface area contributed by atoms with Crippen LogP contribution >= 0.6 is 0 Å². The van der Waals surface area contributed by atoms with Crippen molar-refractivity contribution in [3.63, 3.8) is 0 Å². The maximum absolute atomic E-state index is 4.06. The van der Waals surface area contributed by atoms with E-state index in [1.54, 1.807) is 0 Å². The summed E-state index contributed by atoms with van der Waals surface area (Å²) in [5.74, 6) is 0. The van der Waals surface area contributed by atoms with E-state index < -0.39 is 0 Å². The van der Waals surface area contributed by atoms with Gasteiger partial charge >= 0.3 is 0 Å². The monoisotopic (exact) mass is 174 g/mol. The lowest BCUT2D eigenvalue weighted by atomic mass is 9.74. The van der Waals surface area contributed by atoms with E-state index in [1.165, 1.54) is 5.57 Å². The summed E-state index contributed by atoms with van der Waals surface area (Å²) in [4.78, 5) is 0. The fraction of sp³-hybridized carbons (Fsp3) is 0.385. The molecule has 1 aliphatic rings. The van der Waals surface area contributed by atoms with Crippen molar-refractivity contribution in [2.75, 3.05) is 0 Å². The lowest BCUT2D eigenvalue weighted by molar-refractivity contribution is 0.454. The highest BCUT2D eigenvalue weighted by Crippen LogP contribution is 2.38. The molecular formula is C13H18. The van der Waals surface area contributed by atoms with Gasteiger partial charge in [0.2, 0.25) is 0 Å². The van der Waals surface area contributed by atoms with Gasteiger partial charge in [-0.05, 0) is 29.9 Å². The molecule has 0 spiro atoms. The Bertz CT molecular complexity index is 285. The molecule has 0 aromatic rings. The number of rotatable bonds is 1. The Labute approximate surface area is 81.4 Å². The predicted octanol–water partition coefficient (Wildman–Crippen LogP) is 4.03. The van der Waals surface area contributed by atoms with Gasteiger partial charge in [0, 0.05) is 0 Å². The lowest BCUT2D eigenvalue weighted by Crippen LogP contribution is -2.17. The zero-order valence-corrected chi connectivity index (χ0v) is 8.80. The second-order valence-corrected chi connectivity index (χ2v) is 4.12. The van der Waals surface area contributed by atoms with Crippen molar-refractivity contribution < 1.29 is 0 Å². The first kappa shape index (κ1) is 10.0. The van der Waals surface area contributed by atoms with E-state index in [4.69, 9.17) is 0 Å². The van der Waals surface area contributed by atoms with Gasteiger partial charge in [-0.2, -0.15) is 0 Å². The fourth-order valence-electron chi connectivity index (χ4n) is 1.66. The molecule has 0 aliphatic heterocycles. The van der Waals surface area contributed by atoms with E-state index in [2.05, 4.69) is 50.8 Å². The van der Waals surface area contributed by atoms with Crippen LogP contribution in [0.1, 0.15) is 27.2 Å². The van der Waals surface area contributed by atoms with Crippen molar-refractivity contribution >= 4 is 0 Å². The molecule has 0 bridgehead atoms. The van der Waals surface area contributed by atoms with Crippen LogP contribution in [0.2, 0.25) is 0 Å². The van der Waals surface area contributed by atoms with E-state index in [0.717, 1.165) is 12.0 Å². The molecule has 0 aromatic carbocycles. The topological polar surface area (TPSA) is 0 Å². The summed E-state index contributed by atoms with van der Waals surface area (Å²) < 4.78 is 0. The number of hydrogen-bond acceptors (Lipinski definition) is 0. The Hall–Kier alpha value is -1.04. The van der Waals surface area contributed by atoms with E-state index in [0.29, 0.717) is 0 Å². The van der Waals surface area contributed by atoms with Crippen LogP contribution in [-0.4, -0.2) is 0 Å². The van der Waals surface area contributed by atoms with E-state index >= 15 is 0 Å². The molecule has 0 aromatic heterocycles. The predicted molar refractivity (Wildman–Crippen MR) is 59.6 cm³/mol. The minimum absolute atomic E-state index is 0.241. The molecule has 0 nitrogen and oxygen atoms in total. The first-order valence-corrected chi connectivity index (χ1v) is 4.77. The van der Waals surface area contributed by atoms with Crippen molar-refractivity contribution in [2.24, 2.45) is 5.41 Å². The minimum Gasteiger partial charge on any atom is -0.0915 e. The maximum Gasteiger partial charge on any atom is -0.00633 e. The Kier molecular flexibility index (Phi) is 2.92. The second kappa shape index (κ2) is 3.78. The van der Waals surface area contributed by atoms with Crippen molar-refractivity contribution in [3.8, 4) is 0 Å². The molecule has 0 heterocycles. The molecule has 0 saturated heterocycles. The molecule has 0 heteroatoms. The molecule has 1 aliphatic carbocycles. The molecular weight excluding hydrogens is 156 g/mol. The molecule has 70 valence electrons. The van der Waals surface area contributed by atoms with Crippen molar-refractivity contribution in [1.82, 2.24) is 0 Å². The standard InChI is InChI=1S/C13H18/c1-5-6-9-12-11(2)8-7-10-13(12,3)4/h5-9H,2,10H2,1,3-4H3/b6-5+,12-9-. The zero-order valence-electron chi connectivity index (χ0n) is 8.80. The Balaban J connectivity index is 3.03. The Morgan fingerprint density at radius 3 is 2.69 bits per heavy atom. The van der Waals surface area contributed by atoms with Crippen LogP contribution < -0.4 is 0 Å². The van der Waals surface area contributed by atoms with Gasteiger partial charge in [-0.1, -0.05) is 50.8 Å². The summed E-state index contributed by atoms with van der Waals surface area (Å²) in [6.45, 7) is 10.6. The summed E-state index contributed by atoms with van der Waals surface area (Å²) in [6, 6.07) is 0. The highest BCUT2D eigenvalue weighted by atomic mass is 14.3. The van der Waals surface area contributed by atoms with Crippen molar-refractivity contribution in [3.05, 3.63) is 48.1 Å². The first-order valence-electron chi connectivity index (χ1n) is 4.77. The number of hydrogen-bond donors (Lipinski definition) is 0. The Morgan fingerprint density at radius 1 is 1.46 bits per heavy atom. The van der Waals surface area contributed by atoms with Crippen LogP contribution in [0.25, 0.3) is 0 Å². The lowest BCUT2D eigenvalue weighted by Gasteiger charge is -2.30. The molecule has 0 amide bonds. The average molecular weight is 174 g/mol. The van der Waals surface area contributed by atoms with Crippen LogP contribution in [0, 0.1) is 5.41 Å². The third-order valence-corrected chi connectivity index (χ3v) is 2.48. The van der Waals surface area contributed by atoms with Crippen LogP contribution in [0.15, 0.2) is 48.1 Å².